The highest BCUT2D eigenvalue weighted by Gasteiger charge is 2.07. The molecule has 0 aliphatic carbocycles. The number of hydrogen-bond donors (Lipinski definition) is 0. The molecule has 0 saturated carbocycles. The molecule has 3 heteroatoms. The molecule has 2 rings (SSSR count). The number of aromatic nitrogens is 1. The predicted molar refractivity (Wildman–Crippen MR) is 48.7 cm³/mol. The van der Waals surface area contributed by atoms with Crippen LogP contribution in [0.3, 0.4) is 0 Å². The van der Waals surface area contributed by atoms with Crippen LogP contribution in [0.15, 0.2) is 36.7 Å². The number of methoxy groups -OCH3 is 1. The van der Waals surface area contributed by atoms with Gasteiger partial charge in [0.15, 0.2) is 0 Å². The molecule has 0 N–H and O–H groups in total. The molecule has 0 fully saturated rings. The van der Waals surface area contributed by atoms with Gasteiger partial charge in [-0.15, -0.1) is 0 Å². The third-order valence-corrected chi connectivity index (χ3v) is 1.93. The highest BCUT2D eigenvalue weighted by Crippen LogP contribution is 2.09. The van der Waals surface area contributed by atoms with E-state index in [1.54, 1.807) is 12.3 Å². The largest absolute Gasteiger partial charge is 0.465 e. The number of carbonyl (C=O) groups excluding carboxylic acids is 1. The number of carbonyl (C=O) groups is 1. The van der Waals surface area contributed by atoms with Gasteiger partial charge in [0.1, 0.15) is 0 Å². The number of rotatable bonds is 1. The Morgan fingerprint density at radius 1 is 1.46 bits per heavy atom. The average Bonchev–Trinajstić information content (AvgIpc) is 2.59. The van der Waals surface area contributed by atoms with Gasteiger partial charge in [0, 0.05) is 17.9 Å². The van der Waals surface area contributed by atoms with Crippen molar-refractivity contribution in [3.63, 3.8) is 0 Å². The van der Waals surface area contributed by atoms with Crippen LogP contribution in [-0.2, 0) is 4.74 Å². The standard InChI is InChI=1S/C10H9NO2/c1-13-10(12)8-6-9-4-2-3-5-11(9)7-8/h2-7H,1H3. The molecule has 0 radical (unpaired) electrons. The number of fused-ring (bicyclic) bond motifs is 1. The smallest absolute Gasteiger partial charge is 0.339 e. The molecule has 13 heavy (non-hydrogen) atoms. The molecule has 0 aliphatic heterocycles. The minimum absolute atomic E-state index is 0.302. The van der Waals surface area contributed by atoms with Crippen LogP contribution >= 0.6 is 0 Å². The SMILES string of the molecule is COC(=O)c1cc2ccccn2c1. The molecule has 2 aromatic rings. The molecular weight excluding hydrogens is 166 g/mol. The quantitative estimate of drug-likeness (QED) is 0.618. The van der Waals surface area contributed by atoms with Crippen LogP contribution < -0.4 is 0 Å². The van der Waals surface area contributed by atoms with Gasteiger partial charge in [-0.3, -0.25) is 0 Å². The van der Waals surface area contributed by atoms with Crippen molar-refractivity contribution < 1.29 is 9.53 Å². The van der Waals surface area contributed by atoms with Crippen LogP contribution in [0, 0.1) is 0 Å². The van der Waals surface area contributed by atoms with E-state index in [2.05, 4.69) is 4.74 Å². The van der Waals surface area contributed by atoms with Crippen molar-refractivity contribution in [3.05, 3.63) is 42.2 Å². The summed E-state index contributed by atoms with van der Waals surface area (Å²) >= 11 is 0. The highest BCUT2D eigenvalue weighted by atomic mass is 16.5. The first-order valence-electron chi connectivity index (χ1n) is 3.96. The van der Waals surface area contributed by atoms with Crippen LogP contribution in [-0.4, -0.2) is 17.5 Å². The second kappa shape index (κ2) is 2.94. The van der Waals surface area contributed by atoms with Crippen molar-refractivity contribution in [1.29, 1.82) is 0 Å². The van der Waals surface area contributed by atoms with Gasteiger partial charge in [-0.05, 0) is 18.2 Å². The fourth-order valence-electron chi connectivity index (χ4n) is 1.28. The van der Waals surface area contributed by atoms with Gasteiger partial charge in [-0.25, -0.2) is 4.79 Å². The molecule has 0 unspecified atom stereocenters. The first-order valence-corrected chi connectivity index (χ1v) is 3.96. The molecular formula is C10H9NO2. The molecule has 0 aliphatic rings. The maximum atomic E-state index is 11.1. The Morgan fingerprint density at radius 2 is 2.31 bits per heavy atom. The van der Waals surface area contributed by atoms with E-state index in [1.807, 2.05) is 28.8 Å². The molecule has 0 atom stereocenters. The van der Waals surface area contributed by atoms with E-state index >= 15 is 0 Å². The summed E-state index contributed by atoms with van der Waals surface area (Å²) < 4.78 is 6.49. The topological polar surface area (TPSA) is 30.7 Å². The molecule has 66 valence electrons. The lowest BCUT2D eigenvalue weighted by atomic mass is 10.3. The molecule has 0 aromatic carbocycles. The lowest BCUT2D eigenvalue weighted by Crippen LogP contribution is -1.98. The third kappa shape index (κ3) is 1.28. The van der Waals surface area contributed by atoms with E-state index < -0.39 is 0 Å². The molecule has 2 heterocycles. The van der Waals surface area contributed by atoms with Crippen LogP contribution in [0.5, 0.6) is 0 Å². The lowest BCUT2D eigenvalue weighted by Gasteiger charge is -1.91. The zero-order valence-corrected chi connectivity index (χ0v) is 7.23. The van der Waals surface area contributed by atoms with Crippen molar-refractivity contribution in [3.8, 4) is 0 Å². The normalized spacial score (nSPS) is 10.2. The first kappa shape index (κ1) is 7.86. The summed E-state index contributed by atoms with van der Waals surface area (Å²) in [4.78, 5) is 11.1. The first-order chi connectivity index (χ1) is 6.31. The summed E-state index contributed by atoms with van der Waals surface area (Å²) in [5.74, 6) is -0.302. The molecule has 3 nitrogen and oxygen atoms in total. The second-order valence-corrected chi connectivity index (χ2v) is 2.75. The van der Waals surface area contributed by atoms with Crippen molar-refractivity contribution in [2.24, 2.45) is 0 Å². The summed E-state index contributed by atoms with van der Waals surface area (Å²) in [5.41, 5.74) is 1.57. The fourth-order valence-corrected chi connectivity index (χ4v) is 1.28. The monoisotopic (exact) mass is 175 g/mol. The summed E-state index contributed by atoms with van der Waals surface area (Å²) in [7, 11) is 1.38. The zero-order chi connectivity index (χ0) is 9.26. The molecule has 0 saturated heterocycles. The van der Waals surface area contributed by atoms with Gasteiger partial charge in [-0.1, -0.05) is 6.07 Å². The number of pyridine rings is 1. The van der Waals surface area contributed by atoms with Crippen molar-refractivity contribution >= 4 is 11.5 Å². The van der Waals surface area contributed by atoms with Crippen LogP contribution in [0.4, 0.5) is 0 Å². The number of hydrogen-bond acceptors (Lipinski definition) is 2. The van der Waals surface area contributed by atoms with Gasteiger partial charge in [-0.2, -0.15) is 0 Å². The predicted octanol–water partition coefficient (Wildman–Crippen LogP) is 1.73. The van der Waals surface area contributed by atoms with E-state index in [0.29, 0.717) is 5.56 Å². The molecule has 0 bridgehead atoms. The lowest BCUT2D eigenvalue weighted by molar-refractivity contribution is 0.0601. The van der Waals surface area contributed by atoms with Gasteiger partial charge in [0.2, 0.25) is 0 Å². The number of ether oxygens (including phenoxy) is 1. The van der Waals surface area contributed by atoms with Gasteiger partial charge < -0.3 is 9.14 Å². The Hall–Kier alpha value is -1.77. The number of esters is 1. The summed E-state index contributed by atoms with van der Waals surface area (Å²) in [5, 5.41) is 0. The Labute approximate surface area is 75.6 Å². The van der Waals surface area contributed by atoms with Crippen molar-refractivity contribution in [2.75, 3.05) is 7.11 Å². The fraction of sp³-hybridized carbons (Fsp3) is 0.100. The minimum atomic E-state index is -0.302. The molecule has 0 amide bonds. The Morgan fingerprint density at radius 3 is 3.00 bits per heavy atom. The number of nitrogens with zero attached hydrogens (tertiary/aromatic N) is 1. The van der Waals surface area contributed by atoms with Crippen LogP contribution in [0.2, 0.25) is 0 Å². The van der Waals surface area contributed by atoms with Crippen LogP contribution in [0.1, 0.15) is 10.4 Å². The van der Waals surface area contributed by atoms with Gasteiger partial charge >= 0.3 is 5.97 Å². The minimum Gasteiger partial charge on any atom is -0.465 e. The maximum Gasteiger partial charge on any atom is 0.339 e. The maximum absolute atomic E-state index is 11.1. The van der Waals surface area contributed by atoms with Crippen LogP contribution in [0.25, 0.3) is 5.52 Å². The highest BCUT2D eigenvalue weighted by molar-refractivity contribution is 5.91. The van der Waals surface area contributed by atoms with Gasteiger partial charge in [0.25, 0.3) is 0 Å². The summed E-state index contributed by atoms with van der Waals surface area (Å²) in [6.45, 7) is 0. The van der Waals surface area contributed by atoms with E-state index in [4.69, 9.17) is 0 Å². The Bertz CT molecular complexity index is 412. The Kier molecular flexibility index (Phi) is 1.77. The molecule has 2 aromatic heterocycles. The van der Waals surface area contributed by atoms with E-state index in [0.717, 1.165) is 5.52 Å². The van der Waals surface area contributed by atoms with Crippen molar-refractivity contribution in [2.45, 2.75) is 0 Å². The zero-order valence-electron chi connectivity index (χ0n) is 7.23. The van der Waals surface area contributed by atoms with Gasteiger partial charge in [0.05, 0.1) is 12.7 Å². The second-order valence-electron chi connectivity index (χ2n) is 2.75. The summed E-state index contributed by atoms with van der Waals surface area (Å²) in [6.07, 6.45) is 3.64. The van der Waals surface area contributed by atoms with E-state index in [9.17, 15) is 4.79 Å². The van der Waals surface area contributed by atoms with E-state index in [-0.39, 0.29) is 5.97 Å². The van der Waals surface area contributed by atoms with E-state index in [1.165, 1.54) is 7.11 Å². The van der Waals surface area contributed by atoms with Crippen molar-refractivity contribution in [1.82, 2.24) is 4.40 Å². The Balaban J connectivity index is 2.56. The average molecular weight is 175 g/mol. The summed E-state index contributed by atoms with van der Waals surface area (Å²) in [6, 6.07) is 7.57. The third-order valence-electron chi connectivity index (χ3n) is 1.93. The molecule has 0 spiro atoms.